The Morgan fingerprint density at radius 3 is 1.89 bits per heavy atom. The molecular formula is C30H34F4O4. The molecule has 8 heteroatoms. The molecule has 0 radical (unpaired) electrons. The first-order chi connectivity index (χ1) is 18.3. The van der Waals surface area contributed by atoms with Crippen molar-refractivity contribution in [1.29, 1.82) is 0 Å². The zero-order chi connectivity index (χ0) is 27.2. The van der Waals surface area contributed by atoms with E-state index < -0.39 is 40.9 Å². The Morgan fingerprint density at radius 1 is 0.816 bits per heavy atom. The van der Waals surface area contributed by atoms with Crippen molar-refractivity contribution in [2.75, 3.05) is 13.2 Å². The van der Waals surface area contributed by atoms with Crippen molar-refractivity contribution in [2.24, 2.45) is 0 Å². The fraction of sp³-hybridized carbons (Fsp3) is 0.500. The van der Waals surface area contributed by atoms with Crippen LogP contribution in [0, 0.1) is 23.3 Å². The van der Waals surface area contributed by atoms with Gasteiger partial charge >= 0.3 is 5.97 Å². The first-order valence-electron chi connectivity index (χ1n) is 13.4. The molecule has 2 aromatic carbocycles. The topological polar surface area (TPSA) is 44.8 Å². The van der Waals surface area contributed by atoms with Crippen LogP contribution in [0.25, 0.3) is 0 Å². The van der Waals surface area contributed by atoms with Crippen molar-refractivity contribution >= 4 is 5.97 Å². The van der Waals surface area contributed by atoms with Gasteiger partial charge in [-0.2, -0.15) is 4.39 Å². The largest absolute Gasteiger partial charge is 0.486 e. The molecule has 0 atom stereocenters. The van der Waals surface area contributed by atoms with E-state index in [1.54, 1.807) is 12.1 Å². The average molecular weight is 535 g/mol. The summed E-state index contributed by atoms with van der Waals surface area (Å²) < 4.78 is 75.0. The maximum Gasteiger partial charge on any atom is 0.341 e. The van der Waals surface area contributed by atoms with Crippen LogP contribution >= 0.6 is 0 Å². The Morgan fingerprint density at radius 2 is 1.37 bits per heavy atom. The molecule has 2 fully saturated rings. The third kappa shape index (κ3) is 6.22. The quantitative estimate of drug-likeness (QED) is 0.187. The summed E-state index contributed by atoms with van der Waals surface area (Å²) in [7, 11) is 0. The Bertz CT molecular complexity index is 1140. The van der Waals surface area contributed by atoms with Crippen LogP contribution < -0.4 is 4.74 Å². The van der Waals surface area contributed by atoms with Gasteiger partial charge in [-0.25, -0.2) is 18.0 Å². The van der Waals surface area contributed by atoms with Gasteiger partial charge in [-0.05, 0) is 93.4 Å². The zero-order valence-electron chi connectivity index (χ0n) is 21.6. The molecule has 0 amide bonds. The predicted molar refractivity (Wildman–Crippen MR) is 135 cm³/mol. The third-order valence-electron chi connectivity index (χ3n) is 7.67. The molecule has 2 aliphatic carbocycles. The molecule has 2 aliphatic rings. The number of esters is 1. The van der Waals surface area contributed by atoms with Crippen LogP contribution in [0.15, 0.2) is 36.9 Å². The van der Waals surface area contributed by atoms with E-state index in [1.807, 2.05) is 6.92 Å². The lowest BCUT2D eigenvalue weighted by Gasteiger charge is -2.31. The summed E-state index contributed by atoms with van der Waals surface area (Å²) in [5.41, 5.74) is 0.246. The van der Waals surface area contributed by atoms with Crippen LogP contribution in [0.1, 0.15) is 91.6 Å². The summed E-state index contributed by atoms with van der Waals surface area (Å²) in [6, 6.07) is 5.69. The van der Waals surface area contributed by atoms with Crippen molar-refractivity contribution in [3.05, 3.63) is 76.9 Å². The Kier molecular flexibility index (Phi) is 9.47. The van der Waals surface area contributed by atoms with Crippen LogP contribution in [-0.2, 0) is 9.47 Å². The number of hydrogen-bond acceptors (Lipinski definition) is 4. The van der Waals surface area contributed by atoms with Crippen LogP contribution in [-0.4, -0.2) is 31.4 Å². The van der Waals surface area contributed by atoms with Crippen LogP contribution in [0.2, 0.25) is 0 Å². The summed E-state index contributed by atoms with van der Waals surface area (Å²) in [5, 5.41) is 0. The zero-order valence-corrected chi connectivity index (χ0v) is 21.6. The summed E-state index contributed by atoms with van der Waals surface area (Å²) in [5.74, 6) is -5.70. The van der Waals surface area contributed by atoms with Crippen LogP contribution in [0.4, 0.5) is 17.6 Å². The highest BCUT2D eigenvalue weighted by molar-refractivity contribution is 5.90. The van der Waals surface area contributed by atoms with Gasteiger partial charge in [0.2, 0.25) is 5.82 Å². The highest BCUT2D eigenvalue weighted by Crippen LogP contribution is 2.40. The molecule has 0 bridgehead atoms. The monoisotopic (exact) mass is 534 g/mol. The van der Waals surface area contributed by atoms with E-state index in [0.717, 1.165) is 31.7 Å². The lowest BCUT2D eigenvalue weighted by molar-refractivity contribution is 0.0187. The maximum atomic E-state index is 15.1. The minimum atomic E-state index is -1.34. The van der Waals surface area contributed by atoms with E-state index in [9.17, 15) is 13.6 Å². The molecule has 4 rings (SSSR count). The molecule has 0 unspecified atom stereocenters. The standard InChI is InChI=1S/C30H34F4O4/c1-3-17-37-25-16-15-24(28(33)29(25)34)30(35)38-21-11-7-19(8-12-21)23-14-13-22(26(31)27(23)32)18-5-9-20(10-6-18)36-4-2/h3,13-16,18-21H,1,4-12,17H2,2H3. The van der Waals surface area contributed by atoms with Crippen LogP contribution in [0.3, 0.4) is 0 Å². The predicted octanol–water partition coefficient (Wildman–Crippen LogP) is 7.75. The lowest BCUT2D eigenvalue weighted by Crippen LogP contribution is -2.25. The fourth-order valence-electron chi connectivity index (χ4n) is 5.64. The number of carbonyl (C=O) groups excluding carboxylic acids is 1. The lowest BCUT2D eigenvalue weighted by atomic mass is 9.79. The van der Waals surface area contributed by atoms with Gasteiger partial charge in [0.25, 0.3) is 0 Å². The molecule has 4 nitrogen and oxygen atoms in total. The minimum absolute atomic E-state index is 0.00785. The minimum Gasteiger partial charge on any atom is -0.486 e. The van der Waals surface area contributed by atoms with Gasteiger partial charge in [0.1, 0.15) is 12.7 Å². The van der Waals surface area contributed by atoms with Gasteiger partial charge in [-0.1, -0.05) is 24.8 Å². The molecule has 0 heterocycles. The molecule has 0 saturated heterocycles. The second-order valence-electron chi connectivity index (χ2n) is 10.0. The number of hydrogen-bond donors (Lipinski definition) is 0. The van der Waals surface area contributed by atoms with E-state index in [1.165, 1.54) is 12.1 Å². The summed E-state index contributed by atoms with van der Waals surface area (Å²) in [6.07, 6.45) is 6.07. The summed E-state index contributed by atoms with van der Waals surface area (Å²) in [6.45, 7) is 6.05. The van der Waals surface area contributed by atoms with Crippen molar-refractivity contribution < 1.29 is 36.6 Å². The molecule has 2 saturated carbocycles. The Balaban J connectivity index is 1.34. The van der Waals surface area contributed by atoms with Crippen molar-refractivity contribution in [1.82, 2.24) is 0 Å². The molecule has 0 aromatic heterocycles. The van der Waals surface area contributed by atoms with E-state index in [0.29, 0.717) is 43.4 Å². The van der Waals surface area contributed by atoms with E-state index >= 15 is 8.78 Å². The molecule has 38 heavy (non-hydrogen) atoms. The van der Waals surface area contributed by atoms with Gasteiger partial charge in [0, 0.05) is 6.61 Å². The molecule has 2 aromatic rings. The van der Waals surface area contributed by atoms with Gasteiger partial charge in [-0.15, -0.1) is 0 Å². The Labute approximate surface area is 221 Å². The highest BCUT2D eigenvalue weighted by atomic mass is 19.2. The number of carbonyl (C=O) groups is 1. The van der Waals surface area contributed by atoms with Crippen molar-refractivity contribution in [3.63, 3.8) is 0 Å². The number of benzene rings is 2. The van der Waals surface area contributed by atoms with E-state index in [-0.39, 0.29) is 30.3 Å². The van der Waals surface area contributed by atoms with Crippen molar-refractivity contribution in [3.8, 4) is 5.75 Å². The second kappa shape index (κ2) is 12.8. The summed E-state index contributed by atoms with van der Waals surface area (Å²) >= 11 is 0. The maximum absolute atomic E-state index is 15.1. The number of halogens is 4. The Hall–Kier alpha value is -2.87. The molecule has 206 valence electrons. The molecule has 0 spiro atoms. The summed E-state index contributed by atoms with van der Waals surface area (Å²) in [4.78, 5) is 12.5. The fourth-order valence-corrected chi connectivity index (χ4v) is 5.64. The van der Waals surface area contributed by atoms with Gasteiger partial charge in [0.15, 0.2) is 23.2 Å². The molecule has 0 N–H and O–H groups in total. The van der Waals surface area contributed by atoms with E-state index in [2.05, 4.69) is 6.58 Å². The smallest absolute Gasteiger partial charge is 0.341 e. The number of ether oxygens (including phenoxy) is 3. The van der Waals surface area contributed by atoms with Gasteiger partial charge in [-0.3, -0.25) is 0 Å². The molecular weight excluding hydrogens is 500 g/mol. The third-order valence-corrected chi connectivity index (χ3v) is 7.67. The van der Waals surface area contributed by atoms with Gasteiger partial charge < -0.3 is 14.2 Å². The van der Waals surface area contributed by atoms with Crippen LogP contribution in [0.5, 0.6) is 5.75 Å². The van der Waals surface area contributed by atoms with E-state index in [4.69, 9.17) is 14.2 Å². The SMILES string of the molecule is C=CCOc1ccc(C(=O)OC2CCC(c3ccc(C4CCC(OCC)CC4)c(F)c3F)CC2)c(F)c1F. The second-order valence-corrected chi connectivity index (χ2v) is 10.0. The van der Waals surface area contributed by atoms with Gasteiger partial charge in [0.05, 0.1) is 11.7 Å². The molecule has 0 aliphatic heterocycles. The highest BCUT2D eigenvalue weighted by Gasteiger charge is 2.31. The first-order valence-corrected chi connectivity index (χ1v) is 13.4. The van der Waals surface area contributed by atoms with Crippen molar-refractivity contribution in [2.45, 2.75) is 82.3 Å². The normalized spacial score (nSPS) is 23.6. The average Bonchev–Trinajstić information content (AvgIpc) is 2.92. The number of rotatable bonds is 9. The first kappa shape index (κ1) is 28.1.